The maximum Gasteiger partial charge on any atom is 0.224 e. The molecule has 1 aromatic heterocycles. The van der Waals surface area contributed by atoms with Crippen LogP contribution in [-0.4, -0.2) is 52.8 Å². The largest absolute Gasteiger partial charge is 0.396 e. The van der Waals surface area contributed by atoms with E-state index >= 15 is 0 Å². The van der Waals surface area contributed by atoms with E-state index < -0.39 is 0 Å². The predicted molar refractivity (Wildman–Crippen MR) is 80.5 cm³/mol. The van der Waals surface area contributed by atoms with E-state index in [2.05, 4.69) is 20.2 Å². The highest BCUT2D eigenvalue weighted by molar-refractivity contribution is 5.49. The van der Waals surface area contributed by atoms with Gasteiger partial charge in [0.1, 0.15) is 17.5 Å². The number of nitrogen functional groups attached to an aromatic ring is 1. The van der Waals surface area contributed by atoms with Crippen molar-refractivity contribution in [2.75, 3.05) is 43.8 Å². The van der Waals surface area contributed by atoms with Crippen LogP contribution in [0.2, 0.25) is 0 Å². The Balaban J connectivity index is 1.70. The lowest BCUT2D eigenvalue weighted by Gasteiger charge is -2.31. The van der Waals surface area contributed by atoms with Crippen LogP contribution in [0.3, 0.4) is 0 Å². The fourth-order valence-corrected chi connectivity index (χ4v) is 2.57. The predicted octanol–water partition coefficient (Wildman–Crippen LogP) is 0.437. The van der Waals surface area contributed by atoms with E-state index in [1.54, 1.807) is 0 Å². The van der Waals surface area contributed by atoms with E-state index in [1.807, 2.05) is 6.07 Å². The Hall–Kier alpha value is -1.91. The van der Waals surface area contributed by atoms with Crippen molar-refractivity contribution in [2.24, 2.45) is 5.92 Å². The number of nitrogens with zero attached hydrogens (tertiary/aromatic N) is 4. The van der Waals surface area contributed by atoms with Gasteiger partial charge in [-0.05, 0) is 38.3 Å². The van der Waals surface area contributed by atoms with Gasteiger partial charge in [-0.15, -0.1) is 0 Å². The maximum atomic E-state index is 9.21. The molecular formula is C14H22N6O. The van der Waals surface area contributed by atoms with Crippen molar-refractivity contribution < 1.29 is 5.11 Å². The van der Waals surface area contributed by atoms with Crippen LogP contribution in [0.25, 0.3) is 0 Å². The number of hydrogen-bond acceptors (Lipinski definition) is 7. The van der Waals surface area contributed by atoms with Gasteiger partial charge in [-0.3, -0.25) is 0 Å². The molecule has 0 bridgehead atoms. The van der Waals surface area contributed by atoms with Crippen molar-refractivity contribution in [1.82, 2.24) is 14.9 Å². The Morgan fingerprint density at radius 1 is 1.57 bits per heavy atom. The van der Waals surface area contributed by atoms with Crippen LogP contribution in [0.15, 0.2) is 6.20 Å². The van der Waals surface area contributed by atoms with E-state index in [0.29, 0.717) is 17.4 Å². The van der Waals surface area contributed by atoms with Gasteiger partial charge in [0.2, 0.25) is 5.95 Å². The number of anilines is 2. The summed E-state index contributed by atoms with van der Waals surface area (Å²) in [5, 5.41) is 21.1. The minimum atomic E-state index is 0.205. The number of nitriles is 1. The van der Waals surface area contributed by atoms with Crippen molar-refractivity contribution in [3.63, 3.8) is 0 Å². The molecule has 21 heavy (non-hydrogen) atoms. The summed E-state index contributed by atoms with van der Waals surface area (Å²) >= 11 is 0. The first-order chi connectivity index (χ1) is 10.2. The Bertz CT molecular complexity index is 501. The molecule has 0 amide bonds. The van der Waals surface area contributed by atoms with E-state index in [4.69, 9.17) is 11.0 Å². The number of piperidine rings is 1. The molecule has 1 saturated heterocycles. The highest BCUT2D eigenvalue weighted by Gasteiger charge is 2.18. The van der Waals surface area contributed by atoms with Crippen LogP contribution in [0, 0.1) is 17.2 Å². The van der Waals surface area contributed by atoms with Crippen LogP contribution in [0.4, 0.5) is 11.8 Å². The molecule has 114 valence electrons. The van der Waals surface area contributed by atoms with Crippen molar-refractivity contribution >= 4 is 11.8 Å². The number of hydrogen-bond donors (Lipinski definition) is 3. The molecule has 0 aliphatic carbocycles. The number of nitrogens with one attached hydrogen (secondary N) is 1. The van der Waals surface area contributed by atoms with Gasteiger partial charge < -0.3 is 21.1 Å². The number of rotatable bonds is 6. The molecule has 1 atom stereocenters. The third kappa shape index (κ3) is 4.55. The molecular weight excluding hydrogens is 268 g/mol. The van der Waals surface area contributed by atoms with Crippen LogP contribution in [0.5, 0.6) is 0 Å². The van der Waals surface area contributed by atoms with E-state index in [-0.39, 0.29) is 12.4 Å². The molecule has 0 aromatic carbocycles. The zero-order valence-electron chi connectivity index (χ0n) is 12.1. The Morgan fingerprint density at radius 2 is 2.43 bits per heavy atom. The summed E-state index contributed by atoms with van der Waals surface area (Å²) in [5.41, 5.74) is 5.93. The van der Waals surface area contributed by atoms with Crippen LogP contribution in [0.1, 0.15) is 24.8 Å². The lowest BCUT2D eigenvalue weighted by atomic mass is 9.99. The van der Waals surface area contributed by atoms with Gasteiger partial charge in [-0.1, -0.05) is 0 Å². The smallest absolute Gasteiger partial charge is 0.224 e. The average molecular weight is 290 g/mol. The fraction of sp³-hybridized carbons (Fsp3) is 0.643. The first-order valence-corrected chi connectivity index (χ1v) is 7.32. The molecule has 1 aliphatic heterocycles. The third-order valence-corrected chi connectivity index (χ3v) is 3.73. The summed E-state index contributed by atoms with van der Waals surface area (Å²) < 4.78 is 0. The third-order valence-electron chi connectivity index (χ3n) is 3.73. The minimum Gasteiger partial charge on any atom is -0.396 e. The first-order valence-electron chi connectivity index (χ1n) is 7.32. The lowest BCUT2D eigenvalue weighted by Crippen LogP contribution is -2.37. The Labute approximate surface area is 124 Å². The quantitative estimate of drug-likeness (QED) is 0.652. The summed E-state index contributed by atoms with van der Waals surface area (Å²) in [6.07, 6.45) is 4.69. The standard InChI is InChI=1S/C14H22N6O/c15-7-12-8-18-14(19-13(12)16)17-4-2-6-20-5-1-3-11(9-20)10-21/h8,11,21H,1-6,9-10H2,(H3,16,17,18,19). The Kier molecular flexibility index (Phi) is 5.72. The second kappa shape index (κ2) is 7.76. The molecule has 1 fully saturated rings. The molecule has 1 unspecified atom stereocenters. The molecule has 7 nitrogen and oxygen atoms in total. The van der Waals surface area contributed by atoms with Gasteiger partial charge in [0.15, 0.2) is 0 Å². The van der Waals surface area contributed by atoms with Crippen LogP contribution < -0.4 is 11.1 Å². The summed E-state index contributed by atoms with van der Waals surface area (Å²) in [5.74, 6) is 1.09. The van der Waals surface area contributed by atoms with E-state index in [9.17, 15) is 5.11 Å². The second-order valence-corrected chi connectivity index (χ2v) is 5.38. The van der Waals surface area contributed by atoms with Crippen molar-refractivity contribution in [2.45, 2.75) is 19.3 Å². The molecule has 0 saturated carbocycles. The zero-order valence-corrected chi connectivity index (χ0v) is 12.1. The fourth-order valence-electron chi connectivity index (χ4n) is 2.57. The van der Waals surface area contributed by atoms with Crippen molar-refractivity contribution in [3.05, 3.63) is 11.8 Å². The van der Waals surface area contributed by atoms with Crippen LogP contribution in [-0.2, 0) is 0 Å². The maximum absolute atomic E-state index is 9.21. The van der Waals surface area contributed by atoms with Crippen LogP contribution >= 0.6 is 0 Å². The number of aromatic nitrogens is 2. The van der Waals surface area contributed by atoms with Gasteiger partial charge in [0, 0.05) is 19.7 Å². The van der Waals surface area contributed by atoms with Gasteiger partial charge in [-0.2, -0.15) is 10.2 Å². The minimum absolute atomic E-state index is 0.205. The average Bonchev–Trinajstić information content (AvgIpc) is 2.52. The van der Waals surface area contributed by atoms with E-state index in [1.165, 1.54) is 6.20 Å². The number of aliphatic hydroxyl groups excluding tert-OH is 1. The lowest BCUT2D eigenvalue weighted by molar-refractivity contribution is 0.120. The molecule has 2 heterocycles. The van der Waals surface area contributed by atoms with Gasteiger partial charge in [0.05, 0.1) is 6.20 Å². The number of nitrogens with two attached hydrogens (primary N) is 1. The second-order valence-electron chi connectivity index (χ2n) is 5.38. The summed E-state index contributed by atoms with van der Waals surface area (Å²) in [4.78, 5) is 10.5. The molecule has 4 N–H and O–H groups in total. The highest BCUT2D eigenvalue weighted by atomic mass is 16.3. The van der Waals surface area contributed by atoms with Gasteiger partial charge >= 0.3 is 0 Å². The number of likely N-dealkylation sites (tertiary alicyclic amines) is 1. The zero-order chi connectivity index (χ0) is 15.1. The Morgan fingerprint density at radius 3 is 3.14 bits per heavy atom. The highest BCUT2D eigenvalue weighted by Crippen LogP contribution is 2.15. The molecule has 1 aromatic rings. The van der Waals surface area contributed by atoms with Crippen molar-refractivity contribution in [3.8, 4) is 6.07 Å². The summed E-state index contributed by atoms with van der Waals surface area (Å²) in [6.45, 7) is 4.13. The molecule has 7 heteroatoms. The number of aliphatic hydroxyl groups is 1. The van der Waals surface area contributed by atoms with Gasteiger partial charge in [-0.25, -0.2) is 4.98 Å². The molecule has 0 spiro atoms. The summed E-state index contributed by atoms with van der Waals surface area (Å²) in [7, 11) is 0. The summed E-state index contributed by atoms with van der Waals surface area (Å²) in [6, 6.07) is 1.94. The molecule has 1 aliphatic rings. The van der Waals surface area contributed by atoms with E-state index in [0.717, 1.165) is 45.4 Å². The monoisotopic (exact) mass is 290 g/mol. The first kappa shape index (κ1) is 15.5. The SMILES string of the molecule is N#Cc1cnc(NCCCN2CCCC(CO)C2)nc1N. The molecule has 0 radical (unpaired) electrons. The topological polar surface area (TPSA) is 111 Å². The molecule has 2 rings (SSSR count). The van der Waals surface area contributed by atoms with Gasteiger partial charge in [0.25, 0.3) is 0 Å². The van der Waals surface area contributed by atoms with Crippen molar-refractivity contribution in [1.29, 1.82) is 5.26 Å². The normalized spacial score (nSPS) is 19.1.